The number of hydrogen-bond donors (Lipinski definition) is 1. The van der Waals surface area contributed by atoms with Gasteiger partial charge in [-0.05, 0) is 31.4 Å². The summed E-state index contributed by atoms with van der Waals surface area (Å²) in [6.07, 6.45) is 3.53. The van der Waals surface area contributed by atoms with Crippen LogP contribution in [0.25, 0.3) is 0 Å². The minimum absolute atomic E-state index is 0.0154. The van der Waals surface area contributed by atoms with Gasteiger partial charge >= 0.3 is 0 Å². The number of aryl methyl sites for hydroxylation is 1. The van der Waals surface area contributed by atoms with Crippen molar-refractivity contribution < 1.29 is 22.7 Å². The molecule has 0 aromatic carbocycles. The Morgan fingerprint density at radius 2 is 2.10 bits per heavy atom. The van der Waals surface area contributed by atoms with Crippen LogP contribution < -0.4 is 10.1 Å². The Morgan fingerprint density at radius 3 is 2.72 bits per heavy atom. The molecule has 4 rings (SSSR count). The Labute approximate surface area is 171 Å². The van der Waals surface area contributed by atoms with E-state index in [-0.39, 0.29) is 34.8 Å². The van der Waals surface area contributed by atoms with E-state index in [2.05, 4.69) is 21.3 Å². The van der Waals surface area contributed by atoms with Crippen molar-refractivity contribution >= 4 is 15.7 Å². The molecule has 8 nitrogen and oxygen atoms in total. The first-order chi connectivity index (χ1) is 13.8. The summed E-state index contributed by atoms with van der Waals surface area (Å²) >= 11 is 0. The van der Waals surface area contributed by atoms with E-state index >= 15 is 0 Å². The summed E-state index contributed by atoms with van der Waals surface area (Å²) < 4.78 is 33.7. The molecule has 160 valence electrons. The lowest BCUT2D eigenvalue weighted by Gasteiger charge is -2.38. The lowest BCUT2D eigenvalue weighted by Crippen LogP contribution is -2.56. The molecule has 1 unspecified atom stereocenters. The third-order valence-electron chi connectivity index (χ3n) is 6.47. The fourth-order valence-electron chi connectivity index (χ4n) is 4.97. The normalized spacial score (nSPS) is 26.2. The van der Waals surface area contributed by atoms with Crippen LogP contribution in [0.15, 0.2) is 12.3 Å². The molecule has 1 atom stereocenters. The molecule has 3 aliphatic heterocycles. The van der Waals surface area contributed by atoms with Gasteiger partial charge in [-0.25, -0.2) is 13.4 Å². The quantitative estimate of drug-likeness (QED) is 0.738. The van der Waals surface area contributed by atoms with E-state index < -0.39 is 9.84 Å². The van der Waals surface area contributed by atoms with Crippen LogP contribution >= 0.6 is 0 Å². The van der Waals surface area contributed by atoms with Crippen LogP contribution in [0.4, 0.5) is 0 Å². The molecule has 3 aliphatic rings. The number of sulfone groups is 1. The Kier molecular flexibility index (Phi) is 5.56. The zero-order valence-corrected chi connectivity index (χ0v) is 17.8. The van der Waals surface area contributed by atoms with Crippen LogP contribution in [0.2, 0.25) is 0 Å². The van der Waals surface area contributed by atoms with Crippen LogP contribution in [-0.2, 0) is 25.9 Å². The lowest BCUT2D eigenvalue weighted by atomic mass is 9.71. The molecule has 1 amide bonds. The molecular weight excluding hydrogens is 394 g/mol. The topological polar surface area (TPSA) is 97.8 Å². The van der Waals surface area contributed by atoms with E-state index in [9.17, 15) is 13.2 Å². The van der Waals surface area contributed by atoms with Gasteiger partial charge in [-0.15, -0.1) is 0 Å². The fourth-order valence-corrected chi connectivity index (χ4v) is 6.26. The molecule has 29 heavy (non-hydrogen) atoms. The van der Waals surface area contributed by atoms with Gasteiger partial charge in [0.15, 0.2) is 9.84 Å². The summed E-state index contributed by atoms with van der Waals surface area (Å²) in [5.41, 5.74) is 1.97. The van der Waals surface area contributed by atoms with Crippen molar-refractivity contribution in [1.82, 2.24) is 15.2 Å². The predicted octanol–water partition coefficient (Wildman–Crippen LogP) is 0.540. The second kappa shape index (κ2) is 7.85. The maximum atomic E-state index is 13.1. The molecule has 0 saturated carbocycles. The monoisotopic (exact) mass is 423 g/mol. The second-order valence-electron chi connectivity index (χ2n) is 8.65. The smallest absolute Gasteiger partial charge is 0.225 e. The number of likely N-dealkylation sites (tertiary alicyclic amines) is 1. The van der Waals surface area contributed by atoms with Gasteiger partial charge in [-0.1, -0.05) is 0 Å². The molecule has 9 heteroatoms. The largest absolute Gasteiger partial charge is 0.481 e. The van der Waals surface area contributed by atoms with E-state index in [0.717, 1.165) is 37.1 Å². The van der Waals surface area contributed by atoms with Gasteiger partial charge in [0, 0.05) is 50.0 Å². The molecule has 4 heterocycles. The van der Waals surface area contributed by atoms with Gasteiger partial charge in [0.1, 0.15) is 0 Å². The minimum atomic E-state index is -2.96. The van der Waals surface area contributed by atoms with Crippen molar-refractivity contribution in [2.75, 3.05) is 44.9 Å². The van der Waals surface area contributed by atoms with Gasteiger partial charge in [0.25, 0.3) is 0 Å². The number of hydrogen-bond acceptors (Lipinski definition) is 7. The van der Waals surface area contributed by atoms with Crippen molar-refractivity contribution in [3.63, 3.8) is 0 Å². The molecule has 3 saturated heterocycles. The highest BCUT2D eigenvalue weighted by molar-refractivity contribution is 7.92. The van der Waals surface area contributed by atoms with Crippen molar-refractivity contribution in [1.29, 1.82) is 0 Å². The number of carbonyl (C=O) groups excluding carboxylic acids is 1. The van der Waals surface area contributed by atoms with E-state index in [1.165, 1.54) is 0 Å². The number of rotatable bonds is 5. The van der Waals surface area contributed by atoms with Crippen LogP contribution in [-0.4, -0.2) is 75.2 Å². The number of ether oxygens (including phenoxy) is 2. The summed E-state index contributed by atoms with van der Waals surface area (Å²) in [5, 5.41) is 2.98. The van der Waals surface area contributed by atoms with Crippen molar-refractivity contribution in [3.05, 3.63) is 23.4 Å². The van der Waals surface area contributed by atoms with E-state index in [0.29, 0.717) is 25.6 Å². The molecule has 1 N–H and O–H groups in total. The first-order valence-electron chi connectivity index (χ1n) is 10.1. The Bertz CT molecular complexity index is 870. The van der Waals surface area contributed by atoms with Crippen molar-refractivity contribution in [2.45, 2.75) is 32.4 Å². The Balaban J connectivity index is 1.47. The van der Waals surface area contributed by atoms with Crippen LogP contribution in [0, 0.1) is 18.3 Å². The SMILES string of the molecule is COc1ncc(CN2CC(C(=O)NC3CS(=O)(=O)C3)C3(CCOCC3)C2)cc1C. The van der Waals surface area contributed by atoms with Crippen molar-refractivity contribution in [3.8, 4) is 5.88 Å². The summed E-state index contributed by atoms with van der Waals surface area (Å²) in [6, 6.07) is 1.83. The number of methoxy groups -OCH3 is 1. The number of amides is 1. The third-order valence-corrected chi connectivity index (χ3v) is 8.29. The molecule has 0 radical (unpaired) electrons. The molecule has 3 fully saturated rings. The number of nitrogens with zero attached hydrogens (tertiary/aromatic N) is 2. The lowest BCUT2D eigenvalue weighted by molar-refractivity contribution is -0.130. The Hall–Kier alpha value is -1.71. The average molecular weight is 424 g/mol. The summed E-state index contributed by atoms with van der Waals surface area (Å²) in [7, 11) is -1.34. The van der Waals surface area contributed by atoms with Gasteiger partial charge in [-0.3, -0.25) is 9.69 Å². The molecular formula is C20H29N3O5S. The van der Waals surface area contributed by atoms with Crippen LogP contribution in [0.5, 0.6) is 5.88 Å². The maximum Gasteiger partial charge on any atom is 0.225 e. The summed E-state index contributed by atoms with van der Waals surface area (Å²) in [5.74, 6) is 0.577. The van der Waals surface area contributed by atoms with Gasteiger partial charge in [-0.2, -0.15) is 0 Å². The highest BCUT2D eigenvalue weighted by Crippen LogP contribution is 2.45. The second-order valence-corrected chi connectivity index (χ2v) is 10.8. The van der Waals surface area contributed by atoms with Crippen LogP contribution in [0.1, 0.15) is 24.0 Å². The zero-order valence-electron chi connectivity index (χ0n) is 17.0. The zero-order chi connectivity index (χ0) is 20.6. The highest BCUT2D eigenvalue weighted by atomic mass is 32.2. The third kappa shape index (κ3) is 4.27. The molecule has 1 aromatic heterocycles. The van der Waals surface area contributed by atoms with Gasteiger partial charge in [0.05, 0.1) is 30.6 Å². The van der Waals surface area contributed by atoms with E-state index in [1.54, 1.807) is 7.11 Å². The molecule has 0 bridgehead atoms. The summed E-state index contributed by atoms with van der Waals surface area (Å²) in [4.78, 5) is 19.7. The highest BCUT2D eigenvalue weighted by Gasteiger charge is 2.51. The minimum Gasteiger partial charge on any atom is -0.481 e. The first kappa shape index (κ1) is 20.6. The van der Waals surface area contributed by atoms with Gasteiger partial charge in [0.2, 0.25) is 11.8 Å². The number of aromatic nitrogens is 1. The van der Waals surface area contributed by atoms with Crippen LogP contribution in [0.3, 0.4) is 0 Å². The number of pyridine rings is 1. The molecule has 1 aromatic rings. The fraction of sp³-hybridized carbons (Fsp3) is 0.700. The van der Waals surface area contributed by atoms with Crippen molar-refractivity contribution in [2.24, 2.45) is 11.3 Å². The number of nitrogens with one attached hydrogen (secondary N) is 1. The molecule has 0 aliphatic carbocycles. The standard InChI is InChI=1S/C20H29N3O5S/c1-14-7-15(8-21-19(14)27-2)9-23-10-17(20(13-23)3-5-28-6-4-20)18(24)22-16-11-29(25,26)12-16/h7-8,16-17H,3-6,9-13H2,1-2H3,(H,22,24). The van der Waals surface area contributed by atoms with E-state index in [4.69, 9.17) is 9.47 Å². The predicted molar refractivity (Wildman–Crippen MR) is 107 cm³/mol. The average Bonchev–Trinajstić information content (AvgIpc) is 2.98. The number of carbonyl (C=O) groups is 1. The Morgan fingerprint density at radius 1 is 1.38 bits per heavy atom. The maximum absolute atomic E-state index is 13.1. The van der Waals surface area contributed by atoms with Gasteiger partial charge < -0.3 is 14.8 Å². The first-order valence-corrected chi connectivity index (χ1v) is 11.9. The summed E-state index contributed by atoms with van der Waals surface area (Å²) in [6.45, 7) is 5.53. The molecule has 1 spiro atoms. The van der Waals surface area contributed by atoms with E-state index in [1.807, 2.05) is 13.1 Å².